The van der Waals surface area contributed by atoms with Crippen LogP contribution in [-0.2, 0) is 0 Å². The van der Waals surface area contributed by atoms with Crippen LogP contribution in [0.25, 0.3) is 5.57 Å². The molecule has 0 fully saturated rings. The summed E-state index contributed by atoms with van der Waals surface area (Å²) in [5, 5.41) is 2.15. The van der Waals surface area contributed by atoms with Gasteiger partial charge in [0.25, 0.3) is 0 Å². The molecule has 0 bridgehead atoms. The highest BCUT2D eigenvalue weighted by molar-refractivity contribution is 6.38. The van der Waals surface area contributed by atoms with Crippen molar-refractivity contribution in [3.63, 3.8) is 0 Å². The molecule has 0 spiro atoms. The molecule has 0 aliphatic carbocycles. The van der Waals surface area contributed by atoms with E-state index in [1.807, 2.05) is 30.5 Å². The molecule has 0 aromatic heterocycles. The lowest BCUT2D eigenvalue weighted by Crippen LogP contribution is -2.22. The first-order valence-electron chi connectivity index (χ1n) is 4.18. The van der Waals surface area contributed by atoms with Crippen molar-refractivity contribution in [3.05, 3.63) is 34.8 Å². The molecular formula is C10H7N3. The Labute approximate surface area is 74.9 Å². The number of benzene rings is 1. The smallest absolute Gasteiger partial charge is 0.159 e. The fourth-order valence-electron chi connectivity index (χ4n) is 1.58. The Hall–Kier alpha value is -1.77. The molecule has 0 amide bonds. The van der Waals surface area contributed by atoms with Crippen LogP contribution < -0.4 is 10.6 Å². The van der Waals surface area contributed by atoms with Crippen molar-refractivity contribution in [2.75, 3.05) is 6.67 Å². The van der Waals surface area contributed by atoms with Crippen LogP contribution in [0, 0.1) is 0 Å². The second-order valence-electron chi connectivity index (χ2n) is 2.98. The van der Waals surface area contributed by atoms with E-state index in [4.69, 9.17) is 0 Å². The molecule has 13 heavy (non-hydrogen) atoms. The van der Waals surface area contributed by atoms with Crippen LogP contribution in [0.5, 0.6) is 0 Å². The monoisotopic (exact) mass is 169 g/mol. The molecular weight excluding hydrogens is 162 g/mol. The van der Waals surface area contributed by atoms with Gasteiger partial charge in [-0.1, -0.05) is 18.2 Å². The molecule has 0 saturated heterocycles. The molecule has 3 heteroatoms. The SMILES string of the molecule is C1=NCN=C2N=c3ccccc3=C12. The lowest BCUT2D eigenvalue weighted by Gasteiger charge is -2.00. The summed E-state index contributed by atoms with van der Waals surface area (Å²) in [7, 11) is 0. The van der Waals surface area contributed by atoms with Gasteiger partial charge >= 0.3 is 0 Å². The first-order valence-corrected chi connectivity index (χ1v) is 4.18. The fourth-order valence-corrected chi connectivity index (χ4v) is 1.58. The highest BCUT2D eigenvalue weighted by atomic mass is 15.0. The van der Waals surface area contributed by atoms with Crippen LogP contribution in [0.4, 0.5) is 0 Å². The number of hydrogen-bond donors (Lipinski definition) is 0. The van der Waals surface area contributed by atoms with Crippen molar-refractivity contribution in [3.8, 4) is 0 Å². The number of rotatable bonds is 0. The van der Waals surface area contributed by atoms with Gasteiger partial charge in [0.05, 0.1) is 5.36 Å². The van der Waals surface area contributed by atoms with Gasteiger partial charge in [-0.15, -0.1) is 0 Å². The number of nitrogens with zero attached hydrogens (tertiary/aromatic N) is 3. The summed E-state index contributed by atoms with van der Waals surface area (Å²) >= 11 is 0. The van der Waals surface area contributed by atoms with E-state index in [9.17, 15) is 0 Å². The summed E-state index contributed by atoms with van der Waals surface area (Å²) in [6.07, 6.45) is 1.86. The molecule has 2 aliphatic heterocycles. The van der Waals surface area contributed by atoms with Gasteiger partial charge in [-0.05, 0) is 6.07 Å². The van der Waals surface area contributed by atoms with Gasteiger partial charge in [-0.25, -0.2) is 9.98 Å². The molecule has 0 radical (unpaired) electrons. The maximum absolute atomic E-state index is 4.40. The van der Waals surface area contributed by atoms with E-state index in [2.05, 4.69) is 15.0 Å². The second kappa shape index (κ2) is 2.36. The molecule has 3 nitrogen and oxygen atoms in total. The largest absolute Gasteiger partial charge is 0.269 e. The van der Waals surface area contributed by atoms with Crippen molar-refractivity contribution < 1.29 is 0 Å². The third kappa shape index (κ3) is 0.869. The van der Waals surface area contributed by atoms with Gasteiger partial charge in [-0.2, -0.15) is 0 Å². The van der Waals surface area contributed by atoms with Gasteiger partial charge < -0.3 is 0 Å². The zero-order valence-electron chi connectivity index (χ0n) is 6.94. The van der Waals surface area contributed by atoms with E-state index in [1.54, 1.807) is 0 Å². The normalized spacial score (nSPS) is 17.5. The maximum atomic E-state index is 4.40. The van der Waals surface area contributed by atoms with Crippen molar-refractivity contribution in [1.82, 2.24) is 0 Å². The number of para-hydroxylation sites is 1. The zero-order valence-corrected chi connectivity index (χ0v) is 6.94. The first kappa shape index (κ1) is 6.71. The average molecular weight is 169 g/mol. The van der Waals surface area contributed by atoms with E-state index < -0.39 is 0 Å². The van der Waals surface area contributed by atoms with Crippen LogP contribution in [0.3, 0.4) is 0 Å². The van der Waals surface area contributed by atoms with Gasteiger partial charge in [0, 0.05) is 17.0 Å². The van der Waals surface area contributed by atoms with Crippen molar-refractivity contribution >= 4 is 17.6 Å². The number of hydrogen-bond acceptors (Lipinski definition) is 3. The maximum Gasteiger partial charge on any atom is 0.159 e. The van der Waals surface area contributed by atoms with Gasteiger partial charge in [-0.3, -0.25) is 4.99 Å². The van der Waals surface area contributed by atoms with E-state index in [-0.39, 0.29) is 0 Å². The Morgan fingerprint density at radius 3 is 3.08 bits per heavy atom. The molecule has 0 N–H and O–H groups in total. The second-order valence-corrected chi connectivity index (χ2v) is 2.98. The Kier molecular flexibility index (Phi) is 1.22. The lowest BCUT2D eigenvalue weighted by molar-refractivity contribution is 1.07. The van der Waals surface area contributed by atoms with Crippen LogP contribution >= 0.6 is 0 Å². The standard InChI is InChI=1S/C10H7N3/c1-2-4-9-7(3-1)8-5-11-6-12-10(8)13-9/h1-5H,6H2. The van der Waals surface area contributed by atoms with Crippen molar-refractivity contribution in [2.45, 2.75) is 0 Å². The van der Waals surface area contributed by atoms with Crippen LogP contribution in [0.2, 0.25) is 0 Å². The van der Waals surface area contributed by atoms with Crippen LogP contribution in [0.1, 0.15) is 0 Å². The van der Waals surface area contributed by atoms with Crippen LogP contribution in [0.15, 0.2) is 39.2 Å². The molecule has 0 unspecified atom stereocenters. The minimum Gasteiger partial charge on any atom is -0.269 e. The minimum atomic E-state index is 0.510. The molecule has 1 aromatic carbocycles. The number of fused-ring (bicyclic) bond motifs is 2. The third-order valence-electron chi connectivity index (χ3n) is 2.18. The predicted molar refractivity (Wildman–Crippen MR) is 51.4 cm³/mol. The Morgan fingerprint density at radius 1 is 1.15 bits per heavy atom. The molecule has 3 rings (SSSR count). The summed E-state index contributed by atoms with van der Waals surface area (Å²) in [6.45, 7) is 0.510. The number of amidine groups is 1. The topological polar surface area (TPSA) is 37.1 Å². The molecule has 2 heterocycles. The summed E-state index contributed by atoms with van der Waals surface area (Å²) < 4.78 is 0. The van der Waals surface area contributed by atoms with E-state index in [0.29, 0.717) is 6.67 Å². The van der Waals surface area contributed by atoms with Gasteiger partial charge in [0.15, 0.2) is 5.84 Å². The summed E-state index contributed by atoms with van der Waals surface area (Å²) in [5.41, 5.74) is 1.06. The van der Waals surface area contributed by atoms with E-state index >= 15 is 0 Å². The van der Waals surface area contributed by atoms with Crippen molar-refractivity contribution in [2.24, 2.45) is 15.0 Å². The van der Waals surface area contributed by atoms with Gasteiger partial charge in [0.1, 0.15) is 6.67 Å². The third-order valence-corrected chi connectivity index (χ3v) is 2.18. The first-order chi connectivity index (χ1) is 6.45. The zero-order chi connectivity index (χ0) is 8.67. The predicted octanol–water partition coefficient (Wildman–Crippen LogP) is -0.0891. The number of aliphatic imine (C=N–C) groups is 2. The van der Waals surface area contributed by atoms with Crippen molar-refractivity contribution in [1.29, 1.82) is 0 Å². The molecule has 0 saturated carbocycles. The molecule has 1 aromatic rings. The quantitative estimate of drug-likeness (QED) is 0.520. The summed E-state index contributed by atoms with van der Waals surface area (Å²) in [6, 6.07) is 8.04. The lowest BCUT2D eigenvalue weighted by atomic mass is 10.2. The van der Waals surface area contributed by atoms with E-state index in [1.165, 1.54) is 0 Å². The fraction of sp³-hybridized carbons (Fsp3) is 0.100. The summed E-state index contributed by atoms with van der Waals surface area (Å²) in [5.74, 6) is 0.830. The molecule has 2 aliphatic rings. The Balaban J connectivity index is 2.50. The Morgan fingerprint density at radius 2 is 2.08 bits per heavy atom. The Bertz CT molecular complexity index is 538. The molecule has 62 valence electrons. The minimum absolute atomic E-state index is 0.510. The van der Waals surface area contributed by atoms with Gasteiger partial charge in [0.2, 0.25) is 0 Å². The average Bonchev–Trinajstić information content (AvgIpc) is 2.56. The highest BCUT2D eigenvalue weighted by Gasteiger charge is 2.13. The molecule has 0 atom stereocenters. The summed E-state index contributed by atoms with van der Waals surface area (Å²) in [4.78, 5) is 12.7. The highest BCUT2D eigenvalue weighted by Crippen LogP contribution is 2.04. The van der Waals surface area contributed by atoms with E-state index in [0.717, 1.165) is 22.0 Å². The van der Waals surface area contributed by atoms with Crippen LogP contribution in [-0.4, -0.2) is 18.7 Å².